The van der Waals surface area contributed by atoms with Gasteiger partial charge in [0.2, 0.25) is 0 Å². The first-order valence-corrected chi connectivity index (χ1v) is 8.48. The van der Waals surface area contributed by atoms with Gasteiger partial charge in [-0.3, -0.25) is 0 Å². The zero-order valence-electron chi connectivity index (χ0n) is 9.25. The maximum atomic E-state index is 3.63. The van der Waals surface area contributed by atoms with Crippen LogP contribution < -0.4 is 4.90 Å². The lowest BCUT2D eigenvalue weighted by Crippen LogP contribution is -2.40. The zero-order valence-corrected chi connectivity index (χ0v) is 13.2. The van der Waals surface area contributed by atoms with E-state index in [-0.39, 0.29) is 0 Å². The van der Waals surface area contributed by atoms with Crippen LogP contribution in [0.1, 0.15) is 12.5 Å². The van der Waals surface area contributed by atoms with E-state index in [1.54, 1.807) is 0 Å². The lowest BCUT2D eigenvalue weighted by Gasteiger charge is -2.35. The Morgan fingerprint density at radius 2 is 2.31 bits per heavy atom. The minimum absolute atomic E-state index is 0.639. The Bertz CT molecular complexity index is 370. The van der Waals surface area contributed by atoms with Crippen LogP contribution in [-0.2, 0) is 5.33 Å². The van der Waals surface area contributed by atoms with Crippen LogP contribution in [0.4, 0.5) is 5.69 Å². The summed E-state index contributed by atoms with van der Waals surface area (Å²) in [6.07, 6.45) is 0. The molecule has 0 spiro atoms. The molecule has 0 radical (unpaired) electrons. The van der Waals surface area contributed by atoms with Crippen LogP contribution in [0, 0.1) is 0 Å². The van der Waals surface area contributed by atoms with E-state index in [1.807, 2.05) is 0 Å². The van der Waals surface area contributed by atoms with Crippen molar-refractivity contribution in [1.29, 1.82) is 0 Å². The van der Waals surface area contributed by atoms with Crippen LogP contribution in [0.15, 0.2) is 22.7 Å². The molecule has 1 aliphatic heterocycles. The normalized spacial score (nSPS) is 21.2. The minimum Gasteiger partial charge on any atom is -0.367 e. The molecule has 1 unspecified atom stereocenters. The van der Waals surface area contributed by atoms with Crippen LogP contribution in [0.2, 0.25) is 0 Å². The van der Waals surface area contributed by atoms with Gasteiger partial charge in [-0.1, -0.05) is 37.9 Å². The Morgan fingerprint density at radius 3 is 2.94 bits per heavy atom. The number of alkyl halides is 1. The van der Waals surface area contributed by atoms with Gasteiger partial charge < -0.3 is 4.90 Å². The average Bonchev–Trinajstić information content (AvgIpc) is 2.29. The van der Waals surface area contributed by atoms with E-state index in [0.29, 0.717) is 6.04 Å². The zero-order chi connectivity index (χ0) is 11.5. The number of hydrogen-bond acceptors (Lipinski definition) is 2. The maximum absolute atomic E-state index is 3.63. The number of thioether (sulfide) groups is 1. The highest BCUT2D eigenvalue weighted by molar-refractivity contribution is 9.10. The second-order valence-corrected chi connectivity index (χ2v) is 6.59. The molecule has 4 heteroatoms. The molecule has 1 nitrogen and oxygen atoms in total. The highest BCUT2D eigenvalue weighted by atomic mass is 79.9. The first-order chi connectivity index (χ1) is 7.72. The molecular weight excluding hydrogens is 350 g/mol. The molecule has 88 valence electrons. The minimum atomic E-state index is 0.639. The number of halogens is 2. The summed E-state index contributed by atoms with van der Waals surface area (Å²) in [6.45, 7) is 3.46. The molecular formula is C12H15Br2NS. The summed E-state index contributed by atoms with van der Waals surface area (Å²) in [7, 11) is 0. The van der Waals surface area contributed by atoms with Gasteiger partial charge in [0, 0.05) is 39.6 Å². The highest BCUT2D eigenvalue weighted by Crippen LogP contribution is 2.29. The maximum Gasteiger partial charge on any atom is 0.0380 e. The van der Waals surface area contributed by atoms with Crippen LogP contribution in [0.3, 0.4) is 0 Å². The second-order valence-electron chi connectivity index (χ2n) is 4.03. The van der Waals surface area contributed by atoms with Crippen molar-refractivity contribution < 1.29 is 0 Å². The van der Waals surface area contributed by atoms with Gasteiger partial charge in [0.15, 0.2) is 0 Å². The molecule has 0 aliphatic carbocycles. The summed E-state index contributed by atoms with van der Waals surface area (Å²) in [5.74, 6) is 2.47. The molecule has 1 fully saturated rings. The average molecular weight is 365 g/mol. The van der Waals surface area contributed by atoms with E-state index >= 15 is 0 Å². The van der Waals surface area contributed by atoms with E-state index in [4.69, 9.17) is 0 Å². The smallest absolute Gasteiger partial charge is 0.0380 e. The Labute approximate surface area is 118 Å². The summed E-state index contributed by atoms with van der Waals surface area (Å²) < 4.78 is 1.20. The molecule has 0 aromatic heterocycles. The third kappa shape index (κ3) is 2.77. The van der Waals surface area contributed by atoms with Gasteiger partial charge in [-0.15, -0.1) is 0 Å². The molecule has 0 saturated carbocycles. The van der Waals surface area contributed by atoms with Gasteiger partial charge in [0.1, 0.15) is 0 Å². The van der Waals surface area contributed by atoms with Gasteiger partial charge in [0.25, 0.3) is 0 Å². The molecule has 1 aromatic carbocycles. The van der Waals surface area contributed by atoms with Crippen LogP contribution in [-0.4, -0.2) is 24.1 Å². The fraction of sp³-hybridized carbons (Fsp3) is 0.500. The predicted octanol–water partition coefficient (Wildman–Crippen LogP) is 4.29. The monoisotopic (exact) mass is 363 g/mol. The fourth-order valence-corrected chi connectivity index (χ4v) is 4.32. The van der Waals surface area contributed by atoms with Crippen molar-refractivity contribution in [3.05, 3.63) is 28.2 Å². The Morgan fingerprint density at radius 1 is 1.50 bits per heavy atom. The van der Waals surface area contributed by atoms with Crippen molar-refractivity contribution in [1.82, 2.24) is 0 Å². The number of nitrogens with zero attached hydrogens (tertiary/aromatic N) is 1. The lowest BCUT2D eigenvalue weighted by atomic mass is 10.2. The molecule has 1 aromatic rings. The van der Waals surface area contributed by atoms with Crippen molar-refractivity contribution in [2.24, 2.45) is 0 Å². The summed E-state index contributed by atoms with van der Waals surface area (Å²) >= 11 is 9.18. The first-order valence-electron chi connectivity index (χ1n) is 5.41. The quantitative estimate of drug-likeness (QED) is 0.720. The first kappa shape index (κ1) is 12.8. The van der Waals surface area contributed by atoms with Gasteiger partial charge >= 0.3 is 0 Å². The number of anilines is 1. The summed E-state index contributed by atoms with van der Waals surface area (Å²) in [4.78, 5) is 2.50. The summed E-state index contributed by atoms with van der Waals surface area (Å²) in [5, 5.41) is 0.902. The molecule has 0 N–H and O–H groups in total. The molecule has 16 heavy (non-hydrogen) atoms. The molecule has 1 heterocycles. The third-order valence-corrected chi connectivity index (χ3v) is 5.41. The Balaban J connectivity index is 2.22. The molecule has 1 atom stereocenters. The second kappa shape index (κ2) is 5.78. The van der Waals surface area contributed by atoms with Crippen molar-refractivity contribution in [3.63, 3.8) is 0 Å². The number of rotatable bonds is 2. The molecule has 2 rings (SSSR count). The van der Waals surface area contributed by atoms with Gasteiger partial charge in [-0.05, 0) is 24.6 Å². The van der Waals surface area contributed by atoms with Gasteiger partial charge in [0.05, 0.1) is 0 Å². The largest absolute Gasteiger partial charge is 0.367 e. The number of benzene rings is 1. The van der Waals surface area contributed by atoms with Gasteiger partial charge in [-0.2, -0.15) is 11.8 Å². The standard InChI is InChI=1S/C12H15Br2NS/c1-9-8-16-5-4-15(9)11-3-2-10(7-13)12(14)6-11/h2-3,6,9H,4-5,7-8H2,1H3. The van der Waals surface area contributed by atoms with Crippen LogP contribution >= 0.6 is 43.6 Å². The summed E-state index contributed by atoms with van der Waals surface area (Å²) in [6, 6.07) is 7.31. The summed E-state index contributed by atoms with van der Waals surface area (Å²) in [5.41, 5.74) is 2.65. The Kier molecular flexibility index (Phi) is 4.62. The molecule has 0 amide bonds. The van der Waals surface area contributed by atoms with Crippen molar-refractivity contribution in [2.75, 3.05) is 23.0 Å². The van der Waals surface area contributed by atoms with Crippen molar-refractivity contribution >= 4 is 49.3 Å². The van der Waals surface area contributed by atoms with E-state index in [9.17, 15) is 0 Å². The topological polar surface area (TPSA) is 3.24 Å². The van der Waals surface area contributed by atoms with Gasteiger partial charge in [-0.25, -0.2) is 0 Å². The van der Waals surface area contributed by atoms with Crippen LogP contribution in [0.25, 0.3) is 0 Å². The van der Waals surface area contributed by atoms with E-state index < -0.39 is 0 Å². The fourth-order valence-electron chi connectivity index (χ4n) is 1.93. The highest BCUT2D eigenvalue weighted by Gasteiger charge is 2.19. The van der Waals surface area contributed by atoms with Crippen LogP contribution in [0.5, 0.6) is 0 Å². The number of hydrogen-bond donors (Lipinski definition) is 0. The third-order valence-electron chi connectivity index (χ3n) is 2.88. The van der Waals surface area contributed by atoms with E-state index in [0.717, 1.165) is 11.9 Å². The van der Waals surface area contributed by atoms with Crippen molar-refractivity contribution in [2.45, 2.75) is 18.3 Å². The molecule has 0 bridgehead atoms. The SMILES string of the molecule is CC1CSCCN1c1ccc(CBr)c(Br)c1. The van der Waals surface area contributed by atoms with E-state index in [1.165, 1.54) is 27.2 Å². The molecule has 1 saturated heterocycles. The predicted molar refractivity (Wildman–Crippen MR) is 80.9 cm³/mol. The van der Waals surface area contributed by atoms with E-state index in [2.05, 4.69) is 73.6 Å². The van der Waals surface area contributed by atoms with Crippen molar-refractivity contribution in [3.8, 4) is 0 Å². The Hall–Kier alpha value is 0.330. The lowest BCUT2D eigenvalue weighted by molar-refractivity contribution is 0.700. The molecule has 1 aliphatic rings.